The lowest BCUT2D eigenvalue weighted by molar-refractivity contribution is -0.384. The van der Waals surface area contributed by atoms with Crippen LogP contribution in [0, 0.1) is 10.1 Å². The molecule has 0 aliphatic rings. The normalized spacial score (nSPS) is 9.90. The molecule has 3 N–H and O–H groups in total. The summed E-state index contributed by atoms with van der Waals surface area (Å²) in [5.74, 6) is -0.209. The van der Waals surface area contributed by atoms with Gasteiger partial charge in [-0.3, -0.25) is 14.9 Å². The van der Waals surface area contributed by atoms with E-state index in [1.807, 2.05) is 0 Å². The Balaban J connectivity index is 2.60. The highest BCUT2D eigenvalue weighted by atomic mass is 16.6. The molecule has 0 aliphatic carbocycles. The Morgan fingerprint density at radius 2 is 2.05 bits per heavy atom. The zero-order valence-electron chi connectivity index (χ0n) is 11.4. The standard InChI is InChI=1S/C12H18N4O4/c1-13-9-5-10(7-11(6-9)16(18)19)15-8-12(17)14-3-4-20-2/h5-7,13,15H,3-4,8H2,1-2H3,(H,14,17). The van der Waals surface area contributed by atoms with E-state index in [-0.39, 0.29) is 18.1 Å². The summed E-state index contributed by atoms with van der Waals surface area (Å²) in [6.07, 6.45) is 0. The van der Waals surface area contributed by atoms with E-state index in [4.69, 9.17) is 4.74 Å². The summed E-state index contributed by atoms with van der Waals surface area (Å²) < 4.78 is 4.81. The van der Waals surface area contributed by atoms with Crippen molar-refractivity contribution in [3.8, 4) is 0 Å². The average molecular weight is 282 g/mol. The average Bonchev–Trinajstić information content (AvgIpc) is 2.45. The Morgan fingerprint density at radius 1 is 1.35 bits per heavy atom. The van der Waals surface area contributed by atoms with Gasteiger partial charge in [0.05, 0.1) is 18.1 Å². The van der Waals surface area contributed by atoms with Gasteiger partial charge >= 0.3 is 0 Å². The number of nitro groups is 1. The zero-order chi connectivity index (χ0) is 15.0. The number of rotatable bonds is 8. The van der Waals surface area contributed by atoms with Crippen molar-refractivity contribution >= 4 is 23.0 Å². The first kappa shape index (κ1) is 15.7. The van der Waals surface area contributed by atoms with E-state index >= 15 is 0 Å². The second-order valence-corrected chi connectivity index (χ2v) is 3.97. The number of benzene rings is 1. The fourth-order valence-electron chi connectivity index (χ4n) is 1.50. The van der Waals surface area contributed by atoms with Crippen LogP contribution in [-0.2, 0) is 9.53 Å². The zero-order valence-corrected chi connectivity index (χ0v) is 11.4. The van der Waals surface area contributed by atoms with Crippen molar-refractivity contribution < 1.29 is 14.5 Å². The van der Waals surface area contributed by atoms with Crippen LogP contribution in [0.25, 0.3) is 0 Å². The summed E-state index contributed by atoms with van der Waals surface area (Å²) in [7, 11) is 3.22. The van der Waals surface area contributed by atoms with Crippen molar-refractivity contribution in [2.24, 2.45) is 0 Å². The Morgan fingerprint density at radius 3 is 2.65 bits per heavy atom. The highest BCUT2D eigenvalue weighted by Gasteiger charge is 2.10. The first-order chi connectivity index (χ1) is 9.56. The predicted octanol–water partition coefficient (Wildman–Crippen LogP) is 0.811. The molecule has 8 heteroatoms. The number of hydrogen-bond donors (Lipinski definition) is 3. The van der Waals surface area contributed by atoms with Crippen LogP contribution in [0.1, 0.15) is 0 Å². The van der Waals surface area contributed by atoms with Gasteiger partial charge in [-0.1, -0.05) is 0 Å². The van der Waals surface area contributed by atoms with Crippen LogP contribution in [0.4, 0.5) is 17.1 Å². The van der Waals surface area contributed by atoms with Gasteiger partial charge in [0.15, 0.2) is 0 Å². The molecule has 0 bridgehead atoms. The van der Waals surface area contributed by atoms with Gasteiger partial charge in [-0.15, -0.1) is 0 Å². The number of non-ortho nitro benzene ring substituents is 1. The molecule has 1 aromatic rings. The van der Waals surface area contributed by atoms with Gasteiger partial charge in [0.25, 0.3) is 5.69 Å². The molecule has 0 saturated carbocycles. The molecule has 0 fully saturated rings. The van der Waals surface area contributed by atoms with Crippen LogP contribution in [0.3, 0.4) is 0 Å². The van der Waals surface area contributed by atoms with E-state index in [0.717, 1.165) is 0 Å². The Kier molecular flexibility index (Phi) is 6.24. The lowest BCUT2D eigenvalue weighted by Crippen LogP contribution is -2.32. The lowest BCUT2D eigenvalue weighted by Gasteiger charge is -2.09. The van der Waals surface area contributed by atoms with Crippen LogP contribution in [0.5, 0.6) is 0 Å². The van der Waals surface area contributed by atoms with Crippen LogP contribution in [0.2, 0.25) is 0 Å². The topological polar surface area (TPSA) is 106 Å². The van der Waals surface area contributed by atoms with Gasteiger partial charge in [0.1, 0.15) is 0 Å². The minimum absolute atomic E-state index is 0.0358. The van der Waals surface area contributed by atoms with Gasteiger partial charge in [0.2, 0.25) is 5.91 Å². The van der Waals surface area contributed by atoms with Gasteiger partial charge in [-0.05, 0) is 6.07 Å². The molecule has 0 saturated heterocycles. The van der Waals surface area contributed by atoms with Crippen molar-refractivity contribution in [2.45, 2.75) is 0 Å². The first-order valence-electron chi connectivity index (χ1n) is 6.03. The fraction of sp³-hybridized carbons (Fsp3) is 0.417. The molecule has 1 rings (SSSR count). The fourth-order valence-corrected chi connectivity index (χ4v) is 1.50. The second-order valence-electron chi connectivity index (χ2n) is 3.97. The van der Waals surface area contributed by atoms with E-state index in [9.17, 15) is 14.9 Å². The molecular formula is C12H18N4O4. The molecule has 0 spiro atoms. The van der Waals surface area contributed by atoms with E-state index in [1.165, 1.54) is 12.1 Å². The number of nitro benzene ring substituents is 1. The van der Waals surface area contributed by atoms with Crippen molar-refractivity contribution in [3.05, 3.63) is 28.3 Å². The summed E-state index contributed by atoms with van der Waals surface area (Å²) in [6, 6.07) is 4.49. The molecule has 0 aromatic heterocycles. The van der Waals surface area contributed by atoms with Crippen molar-refractivity contribution in [3.63, 3.8) is 0 Å². The Labute approximate surface area is 116 Å². The SMILES string of the molecule is CNc1cc(NCC(=O)NCCOC)cc([N+](=O)[O-])c1. The highest BCUT2D eigenvalue weighted by molar-refractivity contribution is 5.81. The Hall–Kier alpha value is -2.35. The number of amides is 1. The molecule has 8 nitrogen and oxygen atoms in total. The molecule has 0 heterocycles. The molecule has 1 aromatic carbocycles. The maximum atomic E-state index is 11.5. The summed E-state index contributed by atoms with van der Waals surface area (Å²) >= 11 is 0. The molecular weight excluding hydrogens is 264 g/mol. The molecule has 0 aliphatic heterocycles. The maximum Gasteiger partial charge on any atom is 0.273 e. The van der Waals surface area contributed by atoms with E-state index in [1.54, 1.807) is 20.2 Å². The number of hydrogen-bond acceptors (Lipinski definition) is 6. The van der Waals surface area contributed by atoms with Gasteiger partial charge in [-0.2, -0.15) is 0 Å². The number of anilines is 2. The minimum Gasteiger partial charge on any atom is -0.388 e. The van der Waals surface area contributed by atoms with Crippen molar-refractivity contribution in [1.29, 1.82) is 0 Å². The molecule has 0 atom stereocenters. The largest absolute Gasteiger partial charge is 0.388 e. The third-order valence-corrected chi connectivity index (χ3v) is 2.50. The summed E-state index contributed by atoms with van der Waals surface area (Å²) in [5, 5.41) is 19.1. The highest BCUT2D eigenvalue weighted by Crippen LogP contribution is 2.23. The number of nitrogens with zero attached hydrogens (tertiary/aromatic N) is 1. The summed E-state index contributed by atoms with van der Waals surface area (Å²) in [5.41, 5.74) is 1.06. The number of ether oxygens (including phenoxy) is 1. The van der Waals surface area contributed by atoms with Gasteiger partial charge in [0, 0.05) is 44.2 Å². The molecule has 0 unspecified atom stereocenters. The van der Waals surface area contributed by atoms with Crippen molar-refractivity contribution in [2.75, 3.05) is 44.5 Å². The van der Waals surface area contributed by atoms with Crippen LogP contribution < -0.4 is 16.0 Å². The third-order valence-electron chi connectivity index (χ3n) is 2.50. The molecule has 1 amide bonds. The molecule has 110 valence electrons. The van der Waals surface area contributed by atoms with Crippen molar-refractivity contribution in [1.82, 2.24) is 5.32 Å². The number of nitrogens with one attached hydrogen (secondary N) is 3. The monoisotopic (exact) mass is 282 g/mol. The van der Waals surface area contributed by atoms with E-state index in [0.29, 0.717) is 24.5 Å². The lowest BCUT2D eigenvalue weighted by atomic mass is 10.2. The number of carbonyl (C=O) groups excluding carboxylic acids is 1. The molecule has 20 heavy (non-hydrogen) atoms. The quantitative estimate of drug-likeness (QED) is 0.370. The third kappa shape index (κ3) is 5.11. The Bertz CT molecular complexity index is 479. The smallest absolute Gasteiger partial charge is 0.273 e. The van der Waals surface area contributed by atoms with Gasteiger partial charge < -0.3 is 20.7 Å². The minimum atomic E-state index is -0.481. The second kappa shape index (κ2) is 7.95. The summed E-state index contributed by atoms with van der Waals surface area (Å²) in [4.78, 5) is 21.8. The first-order valence-corrected chi connectivity index (χ1v) is 6.03. The number of carbonyl (C=O) groups is 1. The summed E-state index contributed by atoms with van der Waals surface area (Å²) in [6.45, 7) is 0.897. The van der Waals surface area contributed by atoms with Gasteiger partial charge in [-0.25, -0.2) is 0 Å². The van der Waals surface area contributed by atoms with E-state index < -0.39 is 4.92 Å². The van der Waals surface area contributed by atoms with E-state index in [2.05, 4.69) is 16.0 Å². The van der Waals surface area contributed by atoms with Crippen LogP contribution >= 0.6 is 0 Å². The molecule has 0 radical (unpaired) electrons. The van der Waals surface area contributed by atoms with Crippen LogP contribution in [0.15, 0.2) is 18.2 Å². The maximum absolute atomic E-state index is 11.5. The predicted molar refractivity (Wildman–Crippen MR) is 76.0 cm³/mol. The van der Waals surface area contributed by atoms with Crippen LogP contribution in [-0.4, -0.2) is 44.7 Å². The number of methoxy groups -OCH3 is 1.